The maximum Gasteiger partial charge on any atom is 0.138 e. The van der Waals surface area contributed by atoms with E-state index in [4.69, 9.17) is 0 Å². The van der Waals surface area contributed by atoms with E-state index in [1.54, 1.807) is 0 Å². The number of nitrogens with one attached hydrogen (secondary N) is 2. The van der Waals surface area contributed by atoms with Crippen molar-refractivity contribution in [1.82, 2.24) is 15.0 Å². The van der Waals surface area contributed by atoms with E-state index >= 15 is 0 Å². The molecule has 76 valence electrons. The number of hydrogen-bond acceptors (Lipinski definition) is 1. The molecule has 0 bridgehead atoms. The Kier molecular flexibility index (Phi) is 1.31. The van der Waals surface area contributed by atoms with Crippen LogP contribution in [0.1, 0.15) is 0 Å². The number of pyridine rings is 1. The second kappa shape index (κ2) is 2.64. The van der Waals surface area contributed by atoms with Crippen molar-refractivity contribution in [3.63, 3.8) is 0 Å². The first kappa shape index (κ1) is 7.93. The quantitative estimate of drug-likeness (QED) is 0.457. The summed E-state index contributed by atoms with van der Waals surface area (Å²) in [5.74, 6) is 0. The Morgan fingerprint density at radius 3 is 2.94 bits per heavy atom. The third-order valence-electron chi connectivity index (χ3n) is 3.07. The summed E-state index contributed by atoms with van der Waals surface area (Å²) in [5, 5.41) is 3.62. The predicted octanol–water partition coefficient (Wildman–Crippen LogP) is 3.20. The van der Waals surface area contributed by atoms with Gasteiger partial charge in [0.2, 0.25) is 0 Å². The van der Waals surface area contributed by atoms with Gasteiger partial charge in [0.1, 0.15) is 5.65 Å². The van der Waals surface area contributed by atoms with E-state index in [1.165, 1.54) is 16.2 Å². The number of nitrogens with zero attached hydrogens (tertiary/aromatic N) is 1. The van der Waals surface area contributed by atoms with Gasteiger partial charge in [-0.25, -0.2) is 4.98 Å². The third kappa shape index (κ3) is 0.852. The van der Waals surface area contributed by atoms with Crippen molar-refractivity contribution in [2.45, 2.75) is 0 Å². The number of H-pyrrole nitrogens is 2. The van der Waals surface area contributed by atoms with Crippen molar-refractivity contribution < 1.29 is 0 Å². The molecular formula is C13H9N3. The van der Waals surface area contributed by atoms with Crippen LogP contribution in [0.25, 0.3) is 32.8 Å². The van der Waals surface area contributed by atoms with Crippen LogP contribution in [0, 0.1) is 0 Å². The van der Waals surface area contributed by atoms with Crippen LogP contribution in [0.2, 0.25) is 0 Å². The molecule has 0 saturated carbocycles. The van der Waals surface area contributed by atoms with Crippen molar-refractivity contribution in [1.29, 1.82) is 0 Å². The first-order chi connectivity index (χ1) is 7.93. The smallest absolute Gasteiger partial charge is 0.138 e. The van der Waals surface area contributed by atoms with Crippen LogP contribution in [0.5, 0.6) is 0 Å². The van der Waals surface area contributed by atoms with Gasteiger partial charge in [-0.15, -0.1) is 0 Å². The van der Waals surface area contributed by atoms with E-state index in [-0.39, 0.29) is 0 Å². The van der Waals surface area contributed by atoms with E-state index in [2.05, 4.69) is 39.2 Å². The molecule has 0 unspecified atom stereocenters. The molecule has 4 aromatic rings. The molecule has 0 aliphatic heterocycles. The maximum absolute atomic E-state index is 4.34. The molecule has 0 aliphatic carbocycles. The van der Waals surface area contributed by atoms with Gasteiger partial charge in [-0.2, -0.15) is 0 Å². The van der Waals surface area contributed by atoms with Crippen molar-refractivity contribution in [2.75, 3.05) is 0 Å². The molecule has 0 saturated heterocycles. The minimum Gasteiger partial charge on any atom is -0.359 e. The molecule has 3 nitrogen and oxygen atoms in total. The van der Waals surface area contributed by atoms with Crippen molar-refractivity contribution >= 4 is 32.8 Å². The van der Waals surface area contributed by atoms with Gasteiger partial charge < -0.3 is 9.97 Å². The van der Waals surface area contributed by atoms with Crippen LogP contribution in [0.15, 0.2) is 42.7 Å². The highest BCUT2D eigenvalue weighted by Crippen LogP contribution is 2.29. The summed E-state index contributed by atoms with van der Waals surface area (Å²) in [6.45, 7) is 0. The van der Waals surface area contributed by atoms with Crippen LogP contribution < -0.4 is 0 Å². The number of benzene rings is 1. The van der Waals surface area contributed by atoms with Crippen molar-refractivity contribution in [3.8, 4) is 0 Å². The maximum atomic E-state index is 4.34. The normalized spacial score (nSPS) is 11.8. The zero-order valence-corrected chi connectivity index (χ0v) is 8.49. The average molecular weight is 207 g/mol. The molecule has 16 heavy (non-hydrogen) atoms. The highest BCUT2D eigenvalue weighted by Gasteiger charge is 2.07. The Bertz CT molecular complexity index is 808. The summed E-state index contributed by atoms with van der Waals surface area (Å²) in [5.41, 5.74) is 3.23. The lowest BCUT2D eigenvalue weighted by molar-refractivity contribution is 1.35. The van der Waals surface area contributed by atoms with E-state index in [0.29, 0.717) is 0 Å². The van der Waals surface area contributed by atoms with Crippen LogP contribution >= 0.6 is 0 Å². The molecule has 3 heterocycles. The fraction of sp³-hybridized carbons (Fsp3) is 0. The second-order valence-electron chi connectivity index (χ2n) is 3.95. The molecular weight excluding hydrogens is 198 g/mol. The second-order valence-corrected chi connectivity index (χ2v) is 3.95. The predicted molar refractivity (Wildman–Crippen MR) is 65.5 cm³/mol. The standard InChI is InChI=1S/C13H9N3/c1-2-10-9-4-3-8-5-7-14-11(8)12(9)16-13(10)15-6-1/h1-7,14H,(H,15,16). The van der Waals surface area contributed by atoms with Crippen LogP contribution in [0.3, 0.4) is 0 Å². The first-order valence-electron chi connectivity index (χ1n) is 5.26. The zero-order chi connectivity index (χ0) is 10.5. The lowest BCUT2D eigenvalue weighted by atomic mass is 10.1. The van der Waals surface area contributed by atoms with Gasteiger partial charge in [0.05, 0.1) is 11.0 Å². The lowest BCUT2D eigenvalue weighted by Gasteiger charge is -1.92. The number of aromatic nitrogens is 3. The summed E-state index contributed by atoms with van der Waals surface area (Å²) in [4.78, 5) is 11.0. The minimum atomic E-state index is 0.944. The first-order valence-corrected chi connectivity index (χ1v) is 5.26. The van der Waals surface area contributed by atoms with Gasteiger partial charge in [-0.05, 0) is 18.2 Å². The Morgan fingerprint density at radius 1 is 0.938 bits per heavy atom. The summed E-state index contributed by atoms with van der Waals surface area (Å²) in [6.07, 6.45) is 3.77. The highest BCUT2D eigenvalue weighted by molar-refractivity contribution is 6.15. The molecule has 4 rings (SSSR count). The number of fused-ring (bicyclic) bond motifs is 5. The summed E-state index contributed by atoms with van der Waals surface area (Å²) in [7, 11) is 0. The average Bonchev–Trinajstić information content (AvgIpc) is 2.92. The fourth-order valence-electron chi connectivity index (χ4n) is 2.32. The minimum absolute atomic E-state index is 0.944. The van der Waals surface area contributed by atoms with Crippen LogP contribution in [-0.2, 0) is 0 Å². The molecule has 0 atom stereocenters. The molecule has 1 aromatic carbocycles. The van der Waals surface area contributed by atoms with E-state index in [1.807, 2.05) is 18.5 Å². The van der Waals surface area contributed by atoms with Gasteiger partial charge in [0, 0.05) is 28.6 Å². The van der Waals surface area contributed by atoms with Crippen LogP contribution in [-0.4, -0.2) is 15.0 Å². The van der Waals surface area contributed by atoms with E-state index < -0.39 is 0 Å². The molecule has 2 N–H and O–H groups in total. The van der Waals surface area contributed by atoms with Gasteiger partial charge in [0.25, 0.3) is 0 Å². The van der Waals surface area contributed by atoms with E-state index in [0.717, 1.165) is 16.7 Å². The summed E-state index contributed by atoms with van der Waals surface area (Å²) in [6, 6.07) is 10.4. The van der Waals surface area contributed by atoms with Gasteiger partial charge in [0.15, 0.2) is 0 Å². The Hall–Kier alpha value is -2.29. The number of hydrogen-bond donors (Lipinski definition) is 2. The molecule has 3 heteroatoms. The zero-order valence-electron chi connectivity index (χ0n) is 8.49. The molecule has 0 spiro atoms. The highest BCUT2D eigenvalue weighted by atomic mass is 14.9. The summed E-state index contributed by atoms with van der Waals surface area (Å²) >= 11 is 0. The number of aromatic amines is 2. The molecule has 3 aromatic heterocycles. The largest absolute Gasteiger partial charge is 0.359 e. The summed E-state index contributed by atoms with van der Waals surface area (Å²) < 4.78 is 0. The van der Waals surface area contributed by atoms with Crippen molar-refractivity contribution in [3.05, 3.63) is 42.7 Å². The molecule has 0 radical (unpaired) electrons. The molecule has 0 fully saturated rings. The molecule has 0 aliphatic rings. The van der Waals surface area contributed by atoms with E-state index in [9.17, 15) is 0 Å². The van der Waals surface area contributed by atoms with Crippen molar-refractivity contribution in [2.24, 2.45) is 0 Å². The fourth-order valence-corrected chi connectivity index (χ4v) is 2.32. The monoisotopic (exact) mass is 207 g/mol. The van der Waals surface area contributed by atoms with Gasteiger partial charge in [-0.1, -0.05) is 12.1 Å². The topological polar surface area (TPSA) is 44.5 Å². The third-order valence-corrected chi connectivity index (χ3v) is 3.07. The Labute approximate surface area is 91.1 Å². The SMILES string of the molecule is c1cnc2[nH]c3c(ccc4cc[nH]c43)c2c1. The van der Waals surface area contributed by atoms with Gasteiger partial charge >= 0.3 is 0 Å². The van der Waals surface area contributed by atoms with Crippen LogP contribution in [0.4, 0.5) is 0 Å². The lowest BCUT2D eigenvalue weighted by Crippen LogP contribution is -1.72. The van der Waals surface area contributed by atoms with Gasteiger partial charge in [-0.3, -0.25) is 0 Å². The number of rotatable bonds is 0. The Morgan fingerprint density at radius 2 is 1.94 bits per heavy atom. The Balaban J connectivity index is 2.38. The molecule has 0 amide bonds.